The summed E-state index contributed by atoms with van der Waals surface area (Å²) < 4.78 is 53.1. The summed E-state index contributed by atoms with van der Waals surface area (Å²) in [6.45, 7) is 6.64. The van der Waals surface area contributed by atoms with Crippen LogP contribution in [0, 0.1) is 0 Å². The van der Waals surface area contributed by atoms with Crippen LogP contribution in [0.1, 0.15) is 31.9 Å². The summed E-state index contributed by atoms with van der Waals surface area (Å²) in [5.41, 5.74) is 10.6. The Kier molecular flexibility index (Phi) is 7.55. The summed E-state index contributed by atoms with van der Waals surface area (Å²) in [5.74, 6) is 0.941. The smallest absolute Gasteiger partial charge is 0.416 e. The molecule has 5 aromatic heterocycles. The minimum atomic E-state index is -4.55. The van der Waals surface area contributed by atoms with Crippen LogP contribution in [0.3, 0.4) is 0 Å². The van der Waals surface area contributed by atoms with E-state index in [4.69, 9.17) is 9.40 Å². The van der Waals surface area contributed by atoms with E-state index in [0.717, 1.165) is 100 Å². The van der Waals surface area contributed by atoms with E-state index in [1.165, 1.54) is 11.8 Å². The van der Waals surface area contributed by atoms with Crippen LogP contribution in [0.4, 0.5) is 13.2 Å². The van der Waals surface area contributed by atoms with Gasteiger partial charge in [-0.25, -0.2) is 9.97 Å². The molecule has 6 nitrogen and oxygen atoms in total. The van der Waals surface area contributed by atoms with Crippen molar-refractivity contribution in [3.05, 3.63) is 169 Å². The van der Waals surface area contributed by atoms with Crippen LogP contribution in [-0.4, -0.2) is 24.1 Å². The van der Waals surface area contributed by atoms with Gasteiger partial charge in [0.25, 0.3) is 0 Å². The van der Waals surface area contributed by atoms with Gasteiger partial charge in [0.1, 0.15) is 22.8 Å². The number of para-hydroxylation sites is 4. The van der Waals surface area contributed by atoms with Crippen molar-refractivity contribution in [1.29, 1.82) is 0 Å². The average molecular weight is 816 g/mol. The van der Waals surface area contributed by atoms with Crippen molar-refractivity contribution in [2.24, 2.45) is 0 Å². The van der Waals surface area contributed by atoms with Gasteiger partial charge in [0, 0.05) is 66.9 Å². The summed E-state index contributed by atoms with van der Waals surface area (Å²) in [6.07, 6.45) is -3.33. The van der Waals surface area contributed by atoms with E-state index in [1.807, 2.05) is 53.1 Å². The molecular weight excluding hydrogens is 780 g/mol. The predicted octanol–water partition coefficient (Wildman–Crippen LogP) is 14.7. The molecule has 0 aliphatic heterocycles. The lowest BCUT2D eigenvalue weighted by atomic mass is 9.87. The van der Waals surface area contributed by atoms with Gasteiger partial charge in [-0.3, -0.25) is 9.13 Å². The molecule has 0 radical (unpaired) electrons. The van der Waals surface area contributed by atoms with E-state index in [1.54, 1.807) is 0 Å². The number of nitrogens with zero attached hydrogens (tertiary/aromatic N) is 4. The second kappa shape index (κ2) is 12.9. The lowest BCUT2D eigenvalue weighted by Gasteiger charge is -2.20. The maximum atomic E-state index is 14.2. The number of furan rings is 1. The molecule has 7 aromatic carbocycles. The Labute approximate surface area is 352 Å². The van der Waals surface area contributed by atoms with Crippen molar-refractivity contribution in [2.75, 3.05) is 0 Å². The van der Waals surface area contributed by atoms with Gasteiger partial charge in [-0.05, 0) is 77.2 Å². The maximum Gasteiger partial charge on any atom is 0.416 e. The van der Waals surface area contributed by atoms with Crippen LogP contribution in [0.15, 0.2) is 162 Å². The standard InChI is InChI=1S/C53H36F3N5O/c1-52(2,3)31-11-8-12-33(26-31)60-43-19-10-15-34(50(43)59-51(60)39-17-9-16-38-35-13-4-6-18-42(35)58-49(38)39)30-21-22-36-40-28-41-37-14-5-7-20-46(37)62-47(41)29-45(40)61(44(36)25-30)48-27-32(23-24-57-48)53(54,55)56/h4-29,58H,1-3H3. The molecule has 9 heteroatoms. The van der Waals surface area contributed by atoms with E-state index >= 15 is 0 Å². The van der Waals surface area contributed by atoms with Gasteiger partial charge in [-0.2, -0.15) is 13.2 Å². The highest BCUT2D eigenvalue weighted by Crippen LogP contribution is 2.43. The number of hydrogen-bond acceptors (Lipinski definition) is 3. The highest BCUT2D eigenvalue weighted by atomic mass is 19.4. The number of H-pyrrole nitrogens is 1. The number of alkyl halides is 3. The Bertz CT molecular complexity index is 3800. The van der Waals surface area contributed by atoms with Crippen molar-refractivity contribution >= 4 is 76.6 Å². The molecule has 0 atom stereocenters. The van der Waals surface area contributed by atoms with Crippen molar-refractivity contribution in [2.45, 2.75) is 32.4 Å². The SMILES string of the molecule is CC(C)(C)c1cccc(-n2c(-c3cccc4c3[nH]c3ccccc34)nc3c(-c4ccc5c6cc7c(cc6n(-c6cc(C(F)(F)F)ccn6)c5c4)oc4ccccc47)cccc32)c1. The van der Waals surface area contributed by atoms with Gasteiger partial charge in [0.15, 0.2) is 0 Å². The summed E-state index contributed by atoms with van der Waals surface area (Å²) in [4.78, 5) is 13.8. The maximum absolute atomic E-state index is 14.2. The number of halogens is 3. The van der Waals surface area contributed by atoms with Crippen molar-refractivity contribution < 1.29 is 17.6 Å². The van der Waals surface area contributed by atoms with E-state index in [0.29, 0.717) is 16.6 Å². The molecule has 0 fully saturated rings. The molecule has 12 aromatic rings. The molecule has 0 saturated heterocycles. The first-order valence-corrected chi connectivity index (χ1v) is 20.6. The first kappa shape index (κ1) is 36.2. The van der Waals surface area contributed by atoms with Crippen molar-refractivity contribution in [1.82, 2.24) is 24.1 Å². The van der Waals surface area contributed by atoms with Crippen LogP contribution in [-0.2, 0) is 11.6 Å². The first-order chi connectivity index (χ1) is 30.0. The van der Waals surface area contributed by atoms with E-state index in [-0.39, 0.29) is 11.2 Å². The number of hydrogen-bond donors (Lipinski definition) is 1. The number of aromatic nitrogens is 5. The van der Waals surface area contributed by atoms with Crippen LogP contribution < -0.4 is 0 Å². The van der Waals surface area contributed by atoms with Crippen LogP contribution >= 0.6 is 0 Å². The van der Waals surface area contributed by atoms with Crippen LogP contribution in [0.25, 0.3) is 111 Å². The molecule has 0 unspecified atom stereocenters. The number of benzene rings is 7. The minimum Gasteiger partial charge on any atom is -0.456 e. The largest absolute Gasteiger partial charge is 0.456 e. The zero-order valence-electron chi connectivity index (χ0n) is 33.8. The second-order valence-corrected chi connectivity index (χ2v) is 17.1. The quantitative estimate of drug-likeness (QED) is 0.192. The third kappa shape index (κ3) is 5.44. The second-order valence-electron chi connectivity index (χ2n) is 17.1. The Hall–Kier alpha value is -7.65. The highest BCUT2D eigenvalue weighted by molar-refractivity contribution is 6.18. The van der Waals surface area contributed by atoms with Crippen molar-refractivity contribution in [3.63, 3.8) is 0 Å². The van der Waals surface area contributed by atoms with Crippen molar-refractivity contribution in [3.8, 4) is 34.0 Å². The van der Waals surface area contributed by atoms with E-state index < -0.39 is 11.7 Å². The first-order valence-electron chi connectivity index (χ1n) is 20.6. The predicted molar refractivity (Wildman–Crippen MR) is 244 cm³/mol. The fourth-order valence-corrected chi connectivity index (χ4v) is 9.31. The molecule has 12 rings (SSSR count). The summed E-state index contributed by atoms with van der Waals surface area (Å²) >= 11 is 0. The van der Waals surface area contributed by atoms with Gasteiger partial charge < -0.3 is 9.40 Å². The third-order valence-electron chi connectivity index (χ3n) is 12.3. The van der Waals surface area contributed by atoms with E-state index in [9.17, 15) is 13.2 Å². The Morgan fingerprint density at radius 3 is 2.16 bits per heavy atom. The van der Waals surface area contributed by atoms with Gasteiger partial charge in [0.05, 0.1) is 33.1 Å². The molecule has 0 amide bonds. The lowest BCUT2D eigenvalue weighted by Crippen LogP contribution is -2.11. The zero-order valence-corrected chi connectivity index (χ0v) is 33.8. The lowest BCUT2D eigenvalue weighted by molar-refractivity contribution is -0.137. The molecule has 1 N–H and O–H groups in total. The van der Waals surface area contributed by atoms with E-state index in [2.05, 4.69) is 126 Å². The Morgan fingerprint density at radius 1 is 0.548 bits per heavy atom. The number of rotatable bonds is 4. The summed E-state index contributed by atoms with van der Waals surface area (Å²) in [6, 6.07) is 49.6. The highest BCUT2D eigenvalue weighted by Gasteiger charge is 2.31. The summed E-state index contributed by atoms with van der Waals surface area (Å²) in [7, 11) is 0. The fourth-order valence-electron chi connectivity index (χ4n) is 9.31. The number of imidazole rings is 1. The molecule has 0 saturated carbocycles. The zero-order chi connectivity index (χ0) is 42.1. The Morgan fingerprint density at radius 2 is 1.31 bits per heavy atom. The van der Waals surface area contributed by atoms with Crippen LogP contribution in [0.2, 0.25) is 0 Å². The number of aromatic amines is 1. The Balaban J connectivity index is 1.14. The molecule has 0 spiro atoms. The molecule has 5 heterocycles. The fraction of sp³-hybridized carbons (Fsp3) is 0.0943. The monoisotopic (exact) mass is 815 g/mol. The minimum absolute atomic E-state index is 0.0904. The molecular formula is C53H36F3N5O. The van der Waals surface area contributed by atoms with Gasteiger partial charge >= 0.3 is 6.18 Å². The average Bonchev–Trinajstić information content (AvgIpc) is 4.03. The van der Waals surface area contributed by atoms with Gasteiger partial charge in [-0.15, -0.1) is 0 Å². The topological polar surface area (TPSA) is 64.6 Å². The van der Waals surface area contributed by atoms with Gasteiger partial charge in [-0.1, -0.05) is 106 Å². The number of fused-ring (bicyclic) bond motifs is 10. The third-order valence-corrected chi connectivity index (χ3v) is 12.3. The molecule has 0 aliphatic rings. The van der Waals surface area contributed by atoms with Gasteiger partial charge in [0.2, 0.25) is 0 Å². The molecule has 0 bridgehead atoms. The number of nitrogens with one attached hydrogen (secondary N) is 1. The molecule has 0 aliphatic carbocycles. The summed E-state index contributed by atoms with van der Waals surface area (Å²) in [5, 5.41) is 5.90. The normalized spacial score (nSPS) is 12.7. The molecule has 62 heavy (non-hydrogen) atoms. The number of pyridine rings is 1. The van der Waals surface area contributed by atoms with Crippen LogP contribution in [0.5, 0.6) is 0 Å². The molecule has 300 valence electrons.